The predicted octanol–water partition coefficient (Wildman–Crippen LogP) is 2.60. The fourth-order valence-corrected chi connectivity index (χ4v) is 2.19. The number of carbonyl (C=O) groups is 1. The van der Waals surface area contributed by atoms with E-state index in [9.17, 15) is 4.79 Å². The van der Waals surface area contributed by atoms with Crippen molar-refractivity contribution in [2.75, 3.05) is 19.0 Å². The number of para-hydroxylation sites is 1. The highest BCUT2D eigenvalue weighted by atomic mass is 16.5. The lowest BCUT2D eigenvalue weighted by molar-refractivity contribution is -0.118. The summed E-state index contributed by atoms with van der Waals surface area (Å²) in [6.45, 7) is 1.86. The summed E-state index contributed by atoms with van der Waals surface area (Å²) < 4.78 is 10.9. The molecular formula is C18H22N2O3. The van der Waals surface area contributed by atoms with Crippen molar-refractivity contribution in [1.82, 2.24) is 0 Å². The monoisotopic (exact) mass is 314 g/mol. The van der Waals surface area contributed by atoms with E-state index in [1.54, 1.807) is 13.2 Å². The van der Waals surface area contributed by atoms with Crippen LogP contribution in [0.2, 0.25) is 0 Å². The van der Waals surface area contributed by atoms with Crippen LogP contribution in [-0.4, -0.2) is 25.7 Å². The average molecular weight is 314 g/mol. The van der Waals surface area contributed by atoms with Crippen molar-refractivity contribution in [3.63, 3.8) is 0 Å². The van der Waals surface area contributed by atoms with Gasteiger partial charge in [0, 0.05) is 11.7 Å². The number of carbonyl (C=O) groups excluding carboxylic acids is 1. The second-order valence-corrected chi connectivity index (χ2v) is 5.37. The van der Waals surface area contributed by atoms with Gasteiger partial charge in [0.15, 0.2) is 18.1 Å². The maximum Gasteiger partial charge on any atom is 0.262 e. The van der Waals surface area contributed by atoms with Gasteiger partial charge in [0.2, 0.25) is 0 Å². The third-order valence-corrected chi connectivity index (χ3v) is 3.20. The molecule has 5 nitrogen and oxygen atoms in total. The molecule has 3 N–H and O–H groups in total. The summed E-state index contributed by atoms with van der Waals surface area (Å²) in [5, 5.41) is 2.77. The Kier molecular flexibility index (Phi) is 6.00. The van der Waals surface area contributed by atoms with E-state index in [1.165, 1.54) is 0 Å². The molecule has 0 spiro atoms. The molecule has 5 heteroatoms. The molecular weight excluding hydrogens is 292 g/mol. The molecule has 0 saturated heterocycles. The molecule has 2 rings (SSSR count). The van der Waals surface area contributed by atoms with Crippen molar-refractivity contribution in [3.8, 4) is 11.5 Å². The molecule has 23 heavy (non-hydrogen) atoms. The molecule has 0 fully saturated rings. The first kappa shape index (κ1) is 16.8. The van der Waals surface area contributed by atoms with Gasteiger partial charge in [0.05, 0.1) is 7.11 Å². The minimum absolute atomic E-state index is 0.0723. The van der Waals surface area contributed by atoms with Crippen LogP contribution in [0.25, 0.3) is 0 Å². The number of ether oxygens (including phenoxy) is 2. The number of hydrogen-bond acceptors (Lipinski definition) is 4. The highest BCUT2D eigenvalue weighted by Crippen LogP contribution is 2.28. The molecule has 0 heterocycles. The maximum absolute atomic E-state index is 11.9. The third kappa shape index (κ3) is 5.30. The van der Waals surface area contributed by atoms with E-state index >= 15 is 0 Å². The zero-order valence-electron chi connectivity index (χ0n) is 13.4. The molecule has 0 saturated carbocycles. The second kappa shape index (κ2) is 8.19. The summed E-state index contributed by atoms with van der Waals surface area (Å²) >= 11 is 0. The van der Waals surface area contributed by atoms with Crippen molar-refractivity contribution in [2.24, 2.45) is 5.73 Å². The van der Waals surface area contributed by atoms with E-state index in [1.807, 2.05) is 49.4 Å². The van der Waals surface area contributed by atoms with Crippen molar-refractivity contribution >= 4 is 11.6 Å². The number of amides is 1. The van der Waals surface area contributed by atoms with E-state index in [4.69, 9.17) is 15.2 Å². The number of nitrogens with one attached hydrogen (secondary N) is 1. The molecule has 0 aliphatic heterocycles. The molecule has 1 atom stereocenters. The zero-order chi connectivity index (χ0) is 16.7. The number of hydrogen-bond donors (Lipinski definition) is 2. The van der Waals surface area contributed by atoms with E-state index in [0.717, 1.165) is 17.7 Å². The van der Waals surface area contributed by atoms with Gasteiger partial charge in [-0.3, -0.25) is 4.79 Å². The first-order valence-electron chi connectivity index (χ1n) is 7.48. The first-order valence-corrected chi connectivity index (χ1v) is 7.48. The van der Waals surface area contributed by atoms with Crippen LogP contribution < -0.4 is 20.5 Å². The Morgan fingerprint density at radius 2 is 1.91 bits per heavy atom. The molecule has 1 amide bonds. The van der Waals surface area contributed by atoms with Crippen LogP contribution >= 0.6 is 0 Å². The smallest absolute Gasteiger partial charge is 0.262 e. The Morgan fingerprint density at radius 3 is 2.57 bits per heavy atom. The Balaban J connectivity index is 1.95. The molecule has 0 radical (unpaired) electrons. The van der Waals surface area contributed by atoms with Gasteiger partial charge in [-0.05, 0) is 43.2 Å². The van der Waals surface area contributed by atoms with Gasteiger partial charge in [-0.2, -0.15) is 0 Å². The van der Waals surface area contributed by atoms with Crippen molar-refractivity contribution in [2.45, 2.75) is 19.4 Å². The molecule has 122 valence electrons. The summed E-state index contributed by atoms with van der Waals surface area (Å²) in [5.41, 5.74) is 7.60. The lowest BCUT2D eigenvalue weighted by Crippen LogP contribution is -2.20. The van der Waals surface area contributed by atoms with Gasteiger partial charge >= 0.3 is 0 Å². The van der Waals surface area contributed by atoms with Gasteiger partial charge in [-0.25, -0.2) is 0 Å². The van der Waals surface area contributed by atoms with Crippen LogP contribution in [0.15, 0.2) is 48.5 Å². The van der Waals surface area contributed by atoms with Crippen LogP contribution in [0.1, 0.15) is 12.5 Å². The van der Waals surface area contributed by atoms with E-state index in [2.05, 4.69) is 5.32 Å². The topological polar surface area (TPSA) is 73.6 Å². The molecule has 2 aromatic carbocycles. The fourth-order valence-electron chi connectivity index (χ4n) is 2.19. The zero-order valence-corrected chi connectivity index (χ0v) is 13.4. The van der Waals surface area contributed by atoms with Crippen LogP contribution in [0, 0.1) is 0 Å². The first-order chi connectivity index (χ1) is 11.1. The lowest BCUT2D eigenvalue weighted by atomic mass is 10.1. The van der Waals surface area contributed by atoms with E-state index < -0.39 is 0 Å². The lowest BCUT2D eigenvalue weighted by Gasteiger charge is -2.13. The SMILES string of the molecule is COc1cc(CC(C)N)ccc1OCC(=O)Nc1ccccc1. The number of anilines is 1. The quantitative estimate of drug-likeness (QED) is 0.824. The van der Waals surface area contributed by atoms with Gasteiger partial charge in [0.1, 0.15) is 0 Å². The van der Waals surface area contributed by atoms with Gasteiger partial charge in [0.25, 0.3) is 5.91 Å². The highest BCUT2D eigenvalue weighted by molar-refractivity contribution is 5.91. The maximum atomic E-state index is 11.9. The normalized spacial score (nSPS) is 11.6. The summed E-state index contributed by atoms with van der Waals surface area (Å²) in [4.78, 5) is 11.9. The van der Waals surface area contributed by atoms with Crippen molar-refractivity contribution in [3.05, 3.63) is 54.1 Å². The molecule has 0 bridgehead atoms. The summed E-state index contributed by atoms with van der Waals surface area (Å²) in [6, 6.07) is 14.9. The van der Waals surface area contributed by atoms with Crippen LogP contribution in [0.4, 0.5) is 5.69 Å². The number of nitrogens with two attached hydrogens (primary N) is 1. The Hall–Kier alpha value is -2.53. The number of methoxy groups -OCH3 is 1. The van der Waals surface area contributed by atoms with Crippen LogP contribution in [-0.2, 0) is 11.2 Å². The van der Waals surface area contributed by atoms with E-state index in [-0.39, 0.29) is 18.6 Å². The third-order valence-electron chi connectivity index (χ3n) is 3.20. The minimum Gasteiger partial charge on any atom is -0.493 e. The van der Waals surface area contributed by atoms with Crippen molar-refractivity contribution in [1.29, 1.82) is 0 Å². The van der Waals surface area contributed by atoms with Gasteiger partial charge in [-0.15, -0.1) is 0 Å². The number of benzene rings is 2. The fraction of sp³-hybridized carbons (Fsp3) is 0.278. The van der Waals surface area contributed by atoms with Crippen LogP contribution in [0.3, 0.4) is 0 Å². The minimum atomic E-state index is -0.224. The number of rotatable bonds is 7. The molecule has 2 aromatic rings. The average Bonchev–Trinajstić information content (AvgIpc) is 2.54. The summed E-state index contributed by atoms with van der Waals surface area (Å²) in [5.74, 6) is 0.901. The highest BCUT2D eigenvalue weighted by Gasteiger charge is 2.09. The summed E-state index contributed by atoms with van der Waals surface area (Å²) in [6.07, 6.45) is 0.755. The predicted molar refractivity (Wildman–Crippen MR) is 90.9 cm³/mol. The Bertz CT molecular complexity index is 642. The second-order valence-electron chi connectivity index (χ2n) is 5.37. The standard InChI is InChI=1S/C18H22N2O3/c1-13(19)10-14-8-9-16(17(11-14)22-2)23-12-18(21)20-15-6-4-3-5-7-15/h3-9,11,13H,10,12,19H2,1-2H3,(H,20,21). The molecule has 0 aliphatic carbocycles. The van der Waals surface area contributed by atoms with Gasteiger partial charge in [-0.1, -0.05) is 24.3 Å². The summed E-state index contributed by atoms with van der Waals surface area (Å²) in [7, 11) is 1.57. The molecule has 0 aromatic heterocycles. The van der Waals surface area contributed by atoms with Crippen LogP contribution in [0.5, 0.6) is 11.5 Å². The van der Waals surface area contributed by atoms with Gasteiger partial charge < -0.3 is 20.5 Å². The largest absolute Gasteiger partial charge is 0.493 e. The molecule has 1 unspecified atom stereocenters. The van der Waals surface area contributed by atoms with Crippen molar-refractivity contribution < 1.29 is 14.3 Å². The molecule has 0 aliphatic rings. The Labute approximate surface area is 136 Å². The Morgan fingerprint density at radius 1 is 1.17 bits per heavy atom. The van der Waals surface area contributed by atoms with E-state index in [0.29, 0.717) is 11.5 Å².